The number of hydrogen-bond acceptors (Lipinski definition) is 7. The lowest BCUT2D eigenvalue weighted by atomic mass is 9.55. The Balaban J connectivity index is 1.98. The molecular weight excluding hydrogens is 402 g/mol. The van der Waals surface area contributed by atoms with E-state index in [4.69, 9.17) is 9.47 Å². The Labute approximate surface area is 178 Å². The van der Waals surface area contributed by atoms with Crippen molar-refractivity contribution < 1.29 is 29.4 Å². The number of phenolic OH excluding ortho intramolecular Hbond substituents is 1. The zero-order valence-corrected chi connectivity index (χ0v) is 19.1. The van der Waals surface area contributed by atoms with E-state index in [0.29, 0.717) is 30.7 Å². The molecule has 3 aliphatic rings. The maximum atomic E-state index is 13.2. The second-order valence-electron chi connectivity index (χ2n) is 9.39. The Morgan fingerprint density at radius 2 is 1.77 bits per heavy atom. The van der Waals surface area contributed by atoms with E-state index in [1.165, 1.54) is 0 Å². The van der Waals surface area contributed by atoms with Gasteiger partial charge in [-0.2, -0.15) is 0 Å². The monoisotopic (exact) mass is 433 g/mol. The smallest absolute Gasteiger partial charge is 0.310 e. The molecule has 0 heterocycles. The summed E-state index contributed by atoms with van der Waals surface area (Å²) in [4.78, 5) is 26.2. The van der Waals surface area contributed by atoms with Crippen molar-refractivity contribution in [2.24, 2.45) is 17.0 Å². The van der Waals surface area contributed by atoms with E-state index in [0.717, 1.165) is 11.6 Å². The molecule has 30 heavy (non-hydrogen) atoms. The summed E-state index contributed by atoms with van der Waals surface area (Å²) in [6.07, 6.45) is 1.03. The molecule has 1 aromatic carbocycles. The van der Waals surface area contributed by atoms with Gasteiger partial charge in [-0.15, -0.1) is 0 Å². The van der Waals surface area contributed by atoms with E-state index < -0.39 is 37.8 Å². The fourth-order valence-electron chi connectivity index (χ4n) is 4.54. The summed E-state index contributed by atoms with van der Waals surface area (Å²) in [5, 5.41) is 23.0. The molecule has 2 bridgehead atoms. The van der Waals surface area contributed by atoms with Crippen LogP contribution in [0.25, 0.3) is 0 Å². The van der Waals surface area contributed by atoms with Gasteiger partial charge >= 0.3 is 11.9 Å². The first kappa shape index (κ1) is 22.3. The first-order valence-electron chi connectivity index (χ1n) is 10.5. The van der Waals surface area contributed by atoms with Crippen molar-refractivity contribution in [1.82, 2.24) is 0 Å². The Kier molecular flexibility index (Phi) is 6.55. The number of phenols is 1. The topological polar surface area (TPSA) is 105 Å². The highest BCUT2D eigenvalue weighted by Gasteiger charge is 2.57. The molecule has 0 spiro atoms. The normalized spacial score (nSPS) is 26.3. The predicted molar refractivity (Wildman–Crippen MR) is 115 cm³/mol. The van der Waals surface area contributed by atoms with Crippen molar-refractivity contribution in [1.29, 1.82) is 0 Å². The van der Waals surface area contributed by atoms with Gasteiger partial charge < -0.3 is 19.8 Å². The van der Waals surface area contributed by atoms with Gasteiger partial charge in [0.2, 0.25) is 0 Å². The molecule has 0 aliphatic heterocycles. The number of hydrogen-bond donors (Lipinski definition) is 2. The molecule has 4 rings (SSSR count). The van der Waals surface area contributed by atoms with Gasteiger partial charge in [-0.05, 0) is 42.1 Å². The highest BCUT2D eigenvalue weighted by molar-refractivity contribution is 6.76. The molecular formula is C22H31NO6Si. The lowest BCUT2D eigenvalue weighted by Crippen LogP contribution is -2.51. The van der Waals surface area contributed by atoms with Crippen LogP contribution in [0.5, 0.6) is 5.75 Å². The molecule has 0 saturated heterocycles. The highest BCUT2D eigenvalue weighted by Crippen LogP contribution is 2.55. The van der Waals surface area contributed by atoms with Gasteiger partial charge in [0.25, 0.3) is 0 Å². The summed E-state index contributed by atoms with van der Waals surface area (Å²) < 4.78 is 11.1. The molecule has 4 atom stereocenters. The Hall–Kier alpha value is -2.35. The van der Waals surface area contributed by atoms with Crippen molar-refractivity contribution in [2.75, 3.05) is 13.2 Å². The molecule has 8 heteroatoms. The number of esters is 2. The highest BCUT2D eigenvalue weighted by atomic mass is 28.3. The fraction of sp³-hybridized carbons (Fsp3) is 0.591. The second kappa shape index (κ2) is 8.79. The fourth-order valence-corrected chi connectivity index (χ4v) is 5.25. The van der Waals surface area contributed by atoms with E-state index in [9.17, 15) is 19.9 Å². The number of fused-ring (bicyclic) bond motifs is 2. The Bertz CT molecular complexity index is 847. The lowest BCUT2D eigenvalue weighted by Gasteiger charge is -2.47. The number of rotatable bonds is 7. The van der Waals surface area contributed by atoms with Crippen molar-refractivity contribution in [3.63, 3.8) is 0 Å². The van der Waals surface area contributed by atoms with Gasteiger partial charge in [0.1, 0.15) is 5.75 Å². The third-order valence-corrected chi connectivity index (χ3v) is 7.69. The van der Waals surface area contributed by atoms with Crippen LogP contribution < -0.4 is 0 Å². The van der Waals surface area contributed by atoms with E-state index in [1.807, 2.05) is 6.92 Å². The minimum atomic E-state index is -1.38. The van der Waals surface area contributed by atoms with Crippen molar-refractivity contribution in [3.05, 3.63) is 29.3 Å². The average Bonchev–Trinajstić information content (AvgIpc) is 2.69. The summed E-state index contributed by atoms with van der Waals surface area (Å²) >= 11 is 0. The number of oxime groups is 1. The van der Waals surface area contributed by atoms with Crippen molar-refractivity contribution in [3.8, 4) is 5.75 Å². The average molecular weight is 434 g/mol. The Morgan fingerprint density at radius 1 is 1.10 bits per heavy atom. The Morgan fingerprint density at radius 3 is 2.40 bits per heavy atom. The van der Waals surface area contributed by atoms with Crippen LogP contribution in [-0.2, 0) is 19.1 Å². The molecule has 1 saturated carbocycles. The molecule has 0 radical (unpaired) electrons. The summed E-state index contributed by atoms with van der Waals surface area (Å²) in [5.74, 6) is -3.37. The number of ether oxygens (including phenoxy) is 2. The minimum absolute atomic E-state index is 0.0635. The first-order valence-corrected chi connectivity index (χ1v) is 14.3. The third-order valence-electron chi connectivity index (χ3n) is 5.99. The zero-order chi connectivity index (χ0) is 22.1. The molecule has 3 aliphatic carbocycles. The molecule has 7 nitrogen and oxygen atoms in total. The van der Waals surface area contributed by atoms with Gasteiger partial charge in [-0.25, -0.2) is 0 Å². The second-order valence-corrected chi connectivity index (χ2v) is 15.0. The number of carbonyl (C=O) groups is 2. The van der Waals surface area contributed by atoms with Crippen molar-refractivity contribution >= 4 is 25.7 Å². The van der Waals surface area contributed by atoms with Crippen LogP contribution in [-0.4, -0.2) is 49.3 Å². The number of benzene rings is 1. The first-order chi connectivity index (χ1) is 14.2. The molecule has 0 aromatic heterocycles. The lowest BCUT2D eigenvalue weighted by molar-refractivity contribution is -0.163. The van der Waals surface area contributed by atoms with Crippen LogP contribution in [0.1, 0.15) is 42.7 Å². The standard InChI is InChI=1S/C22H31NO6Si/c1-5-8-28-22(26)20-18-15-11-13(24)6-7-14(15)16(12-17(18)23-27)19(20)21(25)29-9-10-30(2,3)4/h6-7,11,16,18-20,24,27H,5,8-10,12H2,1-4H3/b23-17+/t16?,18-,19?,20-/m1/s1. The van der Waals surface area contributed by atoms with Gasteiger partial charge in [-0.3, -0.25) is 9.59 Å². The molecule has 0 amide bonds. The summed E-state index contributed by atoms with van der Waals surface area (Å²) in [6.45, 7) is 9.12. The predicted octanol–water partition coefficient (Wildman–Crippen LogP) is 3.87. The van der Waals surface area contributed by atoms with E-state index in [1.54, 1.807) is 18.2 Å². The number of nitrogens with zero attached hydrogens (tertiary/aromatic N) is 1. The van der Waals surface area contributed by atoms with Crippen LogP contribution in [0.3, 0.4) is 0 Å². The SMILES string of the molecule is CCCOC(=O)[C@H]1C(C(=O)OCC[Si](C)(C)C)C2C/C(=N\O)[C@H]1c1cc(O)ccc12. The summed E-state index contributed by atoms with van der Waals surface area (Å²) in [7, 11) is -1.38. The van der Waals surface area contributed by atoms with Gasteiger partial charge in [0.15, 0.2) is 0 Å². The molecule has 2 N–H and O–H groups in total. The van der Waals surface area contributed by atoms with Gasteiger partial charge in [0, 0.05) is 19.9 Å². The van der Waals surface area contributed by atoms with Gasteiger partial charge in [0.05, 0.1) is 30.8 Å². The van der Waals surface area contributed by atoms with Crippen LogP contribution >= 0.6 is 0 Å². The summed E-state index contributed by atoms with van der Waals surface area (Å²) in [5.41, 5.74) is 2.03. The van der Waals surface area contributed by atoms with Crippen molar-refractivity contribution in [2.45, 2.75) is 57.3 Å². The number of aromatic hydroxyl groups is 1. The molecule has 2 unspecified atom stereocenters. The van der Waals surface area contributed by atoms with Crippen LogP contribution in [0, 0.1) is 11.8 Å². The molecule has 1 aromatic rings. The van der Waals surface area contributed by atoms with E-state index in [-0.39, 0.29) is 18.3 Å². The quantitative estimate of drug-likeness (QED) is 0.293. The zero-order valence-electron chi connectivity index (χ0n) is 18.1. The van der Waals surface area contributed by atoms with Crippen LogP contribution in [0.15, 0.2) is 23.4 Å². The van der Waals surface area contributed by atoms with Crippen LogP contribution in [0.2, 0.25) is 25.7 Å². The number of carbonyl (C=O) groups excluding carboxylic acids is 2. The third kappa shape index (κ3) is 4.38. The van der Waals surface area contributed by atoms with E-state index in [2.05, 4.69) is 24.8 Å². The largest absolute Gasteiger partial charge is 0.508 e. The maximum absolute atomic E-state index is 13.2. The van der Waals surface area contributed by atoms with E-state index >= 15 is 0 Å². The molecule has 164 valence electrons. The summed E-state index contributed by atoms with van der Waals surface area (Å²) in [6, 6.07) is 5.79. The minimum Gasteiger partial charge on any atom is -0.508 e. The van der Waals surface area contributed by atoms with Crippen LogP contribution in [0.4, 0.5) is 0 Å². The van der Waals surface area contributed by atoms with Gasteiger partial charge in [-0.1, -0.05) is 37.8 Å². The molecule has 1 fully saturated rings. The maximum Gasteiger partial charge on any atom is 0.310 e.